The largest absolute Gasteiger partial charge is 0.387 e. The monoisotopic (exact) mass is 402 g/mol. The molecule has 0 saturated heterocycles. The topological polar surface area (TPSA) is 71.2 Å². The molecule has 2 aromatic heterocycles. The Morgan fingerprint density at radius 1 is 1.03 bits per heavy atom. The lowest BCUT2D eigenvalue weighted by molar-refractivity contribution is 0.164. The maximum Gasteiger partial charge on any atom is 0.255 e. The van der Waals surface area contributed by atoms with Crippen LogP contribution in [0.25, 0.3) is 11.3 Å². The van der Waals surface area contributed by atoms with Crippen molar-refractivity contribution < 1.29 is 5.11 Å². The van der Waals surface area contributed by atoms with Gasteiger partial charge in [0.25, 0.3) is 5.56 Å². The van der Waals surface area contributed by atoms with Crippen molar-refractivity contribution in [3.05, 3.63) is 76.8 Å². The summed E-state index contributed by atoms with van der Waals surface area (Å²) >= 11 is 0. The van der Waals surface area contributed by atoms with Crippen LogP contribution in [-0.4, -0.2) is 31.7 Å². The fourth-order valence-electron chi connectivity index (χ4n) is 5.03. The smallest absolute Gasteiger partial charge is 0.255 e. The summed E-state index contributed by atoms with van der Waals surface area (Å²) in [5, 5.41) is 11.0. The summed E-state index contributed by atoms with van der Waals surface area (Å²) in [5.41, 5.74) is 2.34. The summed E-state index contributed by atoms with van der Waals surface area (Å²) in [4.78, 5) is 24.2. The van der Waals surface area contributed by atoms with E-state index < -0.39 is 6.10 Å². The molecule has 1 aliphatic carbocycles. The van der Waals surface area contributed by atoms with Gasteiger partial charge in [-0.2, -0.15) is 0 Å². The number of anilines is 1. The molecular formula is C24H26N4O2. The summed E-state index contributed by atoms with van der Waals surface area (Å²) in [5.74, 6) is 0.678. The van der Waals surface area contributed by atoms with Gasteiger partial charge in [-0.15, -0.1) is 0 Å². The SMILES string of the molecule is O=c1cc(-c2ccncc2)nc2n1CCC1(CCCC1)N2CC(O)c1ccccc1. The van der Waals surface area contributed by atoms with Gasteiger partial charge in [0, 0.05) is 36.1 Å². The van der Waals surface area contributed by atoms with Crippen molar-refractivity contribution in [2.45, 2.75) is 50.3 Å². The molecule has 1 saturated carbocycles. The van der Waals surface area contributed by atoms with Crippen LogP contribution in [0.15, 0.2) is 65.7 Å². The second-order valence-electron chi connectivity index (χ2n) is 8.39. The van der Waals surface area contributed by atoms with Crippen molar-refractivity contribution in [1.82, 2.24) is 14.5 Å². The molecule has 6 nitrogen and oxygen atoms in total. The summed E-state index contributed by atoms with van der Waals surface area (Å²) in [6, 6.07) is 15.1. The van der Waals surface area contributed by atoms with Crippen molar-refractivity contribution in [3.63, 3.8) is 0 Å². The average Bonchev–Trinajstić information content (AvgIpc) is 3.26. The Labute approximate surface area is 175 Å². The molecule has 0 radical (unpaired) electrons. The van der Waals surface area contributed by atoms with Crippen LogP contribution < -0.4 is 10.5 Å². The van der Waals surface area contributed by atoms with Gasteiger partial charge in [-0.05, 0) is 37.0 Å². The van der Waals surface area contributed by atoms with Gasteiger partial charge in [-0.3, -0.25) is 14.3 Å². The first-order valence-electron chi connectivity index (χ1n) is 10.7. The molecule has 1 aromatic carbocycles. The first kappa shape index (κ1) is 19.0. The van der Waals surface area contributed by atoms with Crippen LogP contribution in [0.3, 0.4) is 0 Å². The van der Waals surface area contributed by atoms with Gasteiger partial charge >= 0.3 is 0 Å². The molecule has 1 spiro atoms. The Morgan fingerprint density at radius 3 is 2.50 bits per heavy atom. The number of nitrogens with zero attached hydrogens (tertiary/aromatic N) is 4. The van der Waals surface area contributed by atoms with Crippen molar-refractivity contribution in [2.75, 3.05) is 11.4 Å². The average molecular weight is 402 g/mol. The standard InChI is InChI=1S/C24H26N4O2/c29-21(19-6-2-1-3-7-19)17-28-23-26-20(18-8-13-25-14-9-18)16-22(30)27(23)15-12-24(28)10-4-5-11-24/h1-3,6-9,13-14,16,21,29H,4-5,10-12,15,17H2. The van der Waals surface area contributed by atoms with Crippen LogP contribution in [0, 0.1) is 0 Å². The molecule has 154 valence electrons. The highest BCUT2D eigenvalue weighted by molar-refractivity contribution is 5.60. The van der Waals surface area contributed by atoms with E-state index in [-0.39, 0.29) is 11.1 Å². The molecule has 6 heteroatoms. The Hall–Kier alpha value is -2.99. The first-order chi connectivity index (χ1) is 14.7. The zero-order valence-corrected chi connectivity index (χ0v) is 16.9. The van der Waals surface area contributed by atoms with Gasteiger partial charge in [0.15, 0.2) is 0 Å². The van der Waals surface area contributed by atoms with E-state index in [1.165, 1.54) is 12.8 Å². The van der Waals surface area contributed by atoms with Gasteiger partial charge in [0.05, 0.1) is 18.3 Å². The number of aliphatic hydroxyl groups excluding tert-OH is 1. The third-order valence-corrected chi connectivity index (χ3v) is 6.65. The summed E-state index contributed by atoms with van der Waals surface area (Å²) in [7, 11) is 0. The number of hydrogen-bond donors (Lipinski definition) is 1. The van der Waals surface area contributed by atoms with Gasteiger partial charge in [0.1, 0.15) is 0 Å². The molecule has 1 N–H and O–H groups in total. The van der Waals surface area contributed by atoms with E-state index in [1.807, 2.05) is 42.5 Å². The first-order valence-corrected chi connectivity index (χ1v) is 10.7. The molecule has 30 heavy (non-hydrogen) atoms. The molecule has 3 heterocycles. The number of rotatable bonds is 4. The van der Waals surface area contributed by atoms with Crippen molar-refractivity contribution in [2.24, 2.45) is 0 Å². The summed E-state index contributed by atoms with van der Waals surface area (Å²) in [6.45, 7) is 1.10. The van der Waals surface area contributed by atoms with Crippen LogP contribution in [0.5, 0.6) is 0 Å². The fourth-order valence-corrected chi connectivity index (χ4v) is 5.03. The van der Waals surface area contributed by atoms with Crippen LogP contribution in [0.2, 0.25) is 0 Å². The Balaban J connectivity index is 1.60. The number of fused-ring (bicyclic) bond motifs is 1. The van der Waals surface area contributed by atoms with E-state index in [9.17, 15) is 9.90 Å². The van der Waals surface area contributed by atoms with Gasteiger partial charge in [-0.1, -0.05) is 43.2 Å². The van der Waals surface area contributed by atoms with E-state index in [0.29, 0.717) is 24.7 Å². The highest BCUT2D eigenvalue weighted by Gasteiger charge is 2.44. The molecule has 2 aliphatic rings. The lowest BCUT2D eigenvalue weighted by atomic mass is 9.88. The van der Waals surface area contributed by atoms with Gasteiger partial charge < -0.3 is 10.0 Å². The Kier molecular flexibility index (Phi) is 4.87. The highest BCUT2D eigenvalue weighted by atomic mass is 16.3. The minimum Gasteiger partial charge on any atom is -0.387 e. The molecule has 1 fully saturated rings. The molecule has 1 aliphatic heterocycles. The van der Waals surface area contributed by atoms with Crippen molar-refractivity contribution in [1.29, 1.82) is 0 Å². The second-order valence-corrected chi connectivity index (χ2v) is 8.39. The molecule has 0 amide bonds. The third kappa shape index (κ3) is 3.31. The molecule has 3 aromatic rings. The number of benzene rings is 1. The van der Waals surface area contributed by atoms with Crippen LogP contribution in [0.1, 0.15) is 43.8 Å². The predicted molar refractivity (Wildman–Crippen MR) is 116 cm³/mol. The minimum atomic E-state index is -0.642. The molecule has 5 rings (SSSR count). The zero-order chi connectivity index (χ0) is 20.6. The zero-order valence-electron chi connectivity index (χ0n) is 16.9. The van der Waals surface area contributed by atoms with Crippen molar-refractivity contribution >= 4 is 5.95 Å². The summed E-state index contributed by atoms with van der Waals surface area (Å²) in [6.07, 6.45) is 8.19. The molecular weight excluding hydrogens is 376 g/mol. The van der Waals surface area contributed by atoms with E-state index in [1.54, 1.807) is 23.0 Å². The minimum absolute atomic E-state index is 0.0356. The molecule has 0 bridgehead atoms. The quantitative estimate of drug-likeness (QED) is 0.723. The fraction of sp³-hybridized carbons (Fsp3) is 0.375. The van der Waals surface area contributed by atoms with Crippen LogP contribution >= 0.6 is 0 Å². The third-order valence-electron chi connectivity index (χ3n) is 6.65. The van der Waals surface area contributed by atoms with Crippen LogP contribution in [-0.2, 0) is 6.54 Å². The molecule has 1 atom stereocenters. The number of pyridine rings is 1. The Morgan fingerprint density at radius 2 is 1.77 bits per heavy atom. The van der Waals surface area contributed by atoms with E-state index in [0.717, 1.165) is 30.4 Å². The maximum atomic E-state index is 13.0. The van der Waals surface area contributed by atoms with Crippen molar-refractivity contribution in [3.8, 4) is 11.3 Å². The van der Waals surface area contributed by atoms with Gasteiger partial charge in [-0.25, -0.2) is 4.98 Å². The van der Waals surface area contributed by atoms with E-state index >= 15 is 0 Å². The predicted octanol–water partition coefficient (Wildman–Crippen LogP) is 3.56. The number of aliphatic hydroxyl groups is 1. The Bertz CT molecular complexity index is 1080. The summed E-state index contributed by atoms with van der Waals surface area (Å²) < 4.78 is 1.77. The second kappa shape index (κ2) is 7.69. The maximum absolute atomic E-state index is 13.0. The normalized spacial score (nSPS) is 18.4. The van der Waals surface area contributed by atoms with Gasteiger partial charge in [0.2, 0.25) is 5.95 Å². The van der Waals surface area contributed by atoms with E-state index in [2.05, 4.69) is 9.88 Å². The van der Waals surface area contributed by atoms with E-state index in [4.69, 9.17) is 4.98 Å². The lowest BCUT2D eigenvalue weighted by Gasteiger charge is -2.47. The molecule has 1 unspecified atom stereocenters. The highest BCUT2D eigenvalue weighted by Crippen LogP contribution is 2.44. The number of hydrogen-bond acceptors (Lipinski definition) is 5. The lowest BCUT2D eigenvalue weighted by Crippen LogP contribution is -2.55. The number of β-amino-alcohol motifs (C(OH)–C–C–N with tert-alkyl or cyclic N) is 1. The van der Waals surface area contributed by atoms with Crippen LogP contribution in [0.4, 0.5) is 5.95 Å². The number of aromatic nitrogens is 3.